The van der Waals surface area contributed by atoms with Gasteiger partial charge in [0, 0.05) is 17.9 Å². The van der Waals surface area contributed by atoms with Crippen molar-refractivity contribution in [2.24, 2.45) is 5.73 Å². The third-order valence-electron chi connectivity index (χ3n) is 7.37. The van der Waals surface area contributed by atoms with E-state index < -0.39 is 45.5 Å². The summed E-state index contributed by atoms with van der Waals surface area (Å²) in [5.74, 6) is -0.428. The van der Waals surface area contributed by atoms with Crippen molar-refractivity contribution in [1.29, 1.82) is 0 Å². The maximum atomic E-state index is 15.5. The Bertz CT molecular complexity index is 1130. The van der Waals surface area contributed by atoms with Gasteiger partial charge < -0.3 is 10.2 Å². The van der Waals surface area contributed by atoms with Crippen LogP contribution in [0.25, 0.3) is 0 Å². The fourth-order valence-electron chi connectivity index (χ4n) is 4.58. The second kappa shape index (κ2) is 10.1. The molecule has 1 radical (unpaired) electrons. The van der Waals surface area contributed by atoms with E-state index in [0.29, 0.717) is 31.2 Å². The van der Waals surface area contributed by atoms with Gasteiger partial charge in [0.1, 0.15) is 5.82 Å². The van der Waals surface area contributed by atoms with Crippen molar-refractivity contribution in [3.05, 3.63) is 72.4 Å². The van der Waals surface area contributed by atoms with Gasteiger partial charge in [0.15, 0.2) is 0 Å². The zero-order valence-electron chi connectivity index (χ0n) is 20.6. The summed E-state index contributed by atoms with van der Waals surface area (Å²) in [5, 5.41) is -0.412. The molecule has 191 valence electrons. The molecule has 5 nitrogen and oxygen atoms in total. The quantitative estimate of drug-likeness (QED) is 0.429. The van der Waals surface area contributed by atoms with Gasteiger partial charge in [-0.05, 0) is 67.1 Å². The van der Waals surface area contributed by atoms with Crippen LogP contribution < -0.4 is 5.73 Å². The number of carbonyl (C=O) groups is 1. The van der Waals surface area contributed by atoms with Gasteiger partial charge in [-0.25, -0.2) is 17.2 Å². The Balaban J connectivity index is 1.87. The van der Waals surface area contributed by atoms with E-state index >= 15 is 4.39 Å². The Kier molecular flexibility index (Phi) is 7.93. The van der Waals surface area contributed by atoms with Crippen molar-refractivity contribution < 1.29 is 26.4 Å². The van der Waals surface area contributed by atoms with Crippen LogP contribution in [0.2, 0.25) is 11.6 Å². The van der Waals surface area contributed by atoms with Crippen LogP contribution in [0.3, 0.4) is 0 Å². The van der Waals surface area contributed by atoms with E-state index in [9.17, 15) is 17.6 Å². The molecule has 2 aromatic carbocycles. The van der Waals surface area contributed by atoms with E-state index in [1.807, 2.05) is 27.3 Å². The van der Waals surface area contributed by atoms with Crippen LogP contribution in [0.5, 0.6) is 0 Å². The number of nitrogens with two attached hydrogens (primary N) is 1. The summed E-state index contributed by atoms with van der Waals surface area (Å²) in [6.07, 6.45) is 2.73. The third kappa shape index (κ3) is 5.67. The van der Waals surface area contributed by atoms with E-state index in [1.54, 1.807) is 30.3 Å². The van der Waals surface area contributed by atoms with Crippen molar-refractivity contribution in [2.45, 2.75) is 80.0 Å². The molecule has 1 amide bonds. The van der Waals surface area contributed by atoms with Crippen molar-refractivity contribution in [2.75, 3.05) is 0 Å². The predicted octanol–water partition coefficient (Wildman–Crippen LogP) is 6.03. The standard InChI is InChI=1S/C26H34F2NO4SSi/c1-25(2,3)35(4,24(29)30)33-21-14-16-26(17-15-21,19-10-12-20(27)13-11-19)18-23(28)34(31,32)22-8-6-5-7-9-22/h5-13,18,21,23H,14-17H2,1-4H3,(H2,29,30). The van der Waals surface area contributed by atoms with Gasteiger partial charge in [-0.3, -0.25) is 4.79 Å². The molecule has 0 aromatic heterocycles. The summed E-state index contributed by atoms with van der Waals surface area (Å²) in [4.78, 5) is 12.2. The lowest BCUT2D eigenvalue weighted by atomic mass is 9.67. The van der Waals surface area contributed by atoms with Gasteiger partial charge >= 0.3 is 0 Å². The summed E-state index contributed by atoms with van der Waals surface area (Å²) in [7, 11) is -7.19. The highest BCUT2D eigenvalue weighted by Crippen LogP contribution is 2.47. The molecule has 0 spiro atoms. The molecular weight excluding hydrogens is 488 g/mol. The van der Waals surface area contributed by atoms with E-state index in [1.165, 1.54) is 30.7 Å². The first-order valence-electron chi connectivity index (χ1n) is 11.7. The summed E-state index contributed by atoms with van der Waals surface area (Å²) < 4.78 is 61.4. The predicted molar refractivity (Wildman–Crippen MR) is 135 cm³/mol. The van der Waals surface area contributed by atoms with Crippen LogP contribution in [-0.2, 0) is 19.7 Å². The number of alkyl halides is 1. The van der Waals surface area contributed by atoms with Gasteiger partial charge in [-0.1, -0.05) is 51.1 Å². The maximum absolute atomic E-state index is 15.5. The van der Waals surface area contributed by atoms with Crippen LogP contribution in [0, 0.1) is 12.2 Å². The topological polar surface area (TPSA) is 86.5 Å². The maximum Gasteiger partial charge on any atom is 0.294 e. The fourth-order valence-corrected chi connectivity index (χ4v) is 7.92. The normalized spacial score (nSPS) is 23.9. The first kappa shape index (κ1) is 27.5. The monoisotopic (exact) mass is 522 g/mol. The van der Waals surface area contributed by atoms with E-state index in [-0.39, 0.29) is 11.0 Å². The zero-order valence-corrected chi connectivity index (χ0v) is 22.4. The lowest BCUT2D eigenvalue weighted by Crippen LogP contribution is -2.57. The molecule has 9 heteroatoms. The molecule has 0 aliphatic heterocycles. The van der Waals surface area contributed by atoms with Gasteiger partial charge in [0.25, 0.3) is 8.32 Å². The molecule has 0 heterocycles. The summed E-state index contributed by atoms with van der Waals surface area (Å²) in [5.41, 5.74) is 2.79. The van der Waals surface area contributed by atoms with Gasteiger partial charge in [0.2, 0.25) is 20.9 Å². The summed E-state index contributed by atoms with van der Waals surface area (Å²) in [6, 6.07) is 13.2. The van der Waals surface area contributed by atoms with Gasteiger partial charge in [-0.15, -0.1) is 0 Å². The highest BCUT2D eigenvalue weighted by molar-refractivity contribution is 7.92. The second-order valence-electron chi connectivity index (χ2n) is 10.5. The number of sulfone groups is 1. The van der Waals surface area contributed by atoms with Crippen LogP contribution >= 0.6 is 0 Å². The molecule has 1 aliphatic rings. The van der Waals surface area contributed by atoms with Gasteiger partial charge in [-0.2, -0.15) is 0 Å². The molecular formula is C26H34F2NO4SSi. The number of primary amides is 1. The van der Waals surface area contributed by atoms with Crippen LogP contribution in [0.1, 0.15) is 52.0 Å². The Hall–Kier alpha value is -2.10. The lowest BCUT2D eigenvalue weighted by molar-refractivity contribution is 0.109. The van der Waals surface area contributed by atoms with E-state index in [4.69, 9.17) is 10.2 Å². The van der Waals surface area contributed by atoms with Gasteiger partial charge in [0.05, 0.1) is 4.90 Å². The first-order valence-corrected chi connectivity index (χ1v) is 15.7. The third-order valence-corrected chi connectivity index (χ3v) is 13.6. The molecule has 35 heavy (non-hydrogen) atoms. The van der Waals surface area contributed by atoms with Crippen LogP contribution in [-0.4, -0.2) is 33.9 Å². The van der Waals surface area contributed by atoms with Crippen molar-refractivity contribution in [3.8, 4) is 0 Å². The van der Waals surface area contributed by atoms with Crippen molar-refractivity contribution in [1.82, 2.24) is 0 Å². The minimum absolute atomic E-state index is 0.0940. The Morgan fingerprint density at radius 3 is 2.14 bits per heavy atom. The zero-order chi connectivity index (χ0) is 26.1. The Morgan fingerprint density at radius 1 is 1.11 bits per heavy atom. The Morgan fingerprint density at radius 2 is 1.66 bits per heavy atom. The molecule has 2 aromatic rings. The minimum Gasteiger partial charge on any atom is -0.404 e. The highest BCUT2D eigenvalue weighted by atomic mass is 32.2. The molecule has 2 N–H and O–H groups in total. The fraction of sp³-hybridized carbons (Fsp3) is 0.462. The number of halogens is 2. The average Bonchev–Trinajstić information content (AvgIpc) is 2.80. The van der Waals surface area contributed by atoms with E-state index in [0.717, 1.165) is 0 Å². The minimum atomic E-state index is -4.25. The largest absolute Gasteiger partial charge is 0.404 e. The first-order chi connectivity index (χ1) is 16.2. The smallest absolute Gasteiger partial charge is 0.294 e. The number of amides is 1. The van der Waals surface area contributed by atoms with Crippen molar-refractivity contribution >= 4 is 23.7 Å². The molecule has 1 aliphatic carbocycles. The molecule has 2 atom stereocenters. The number of hydrogen-bond donors (Lipinski definition) is 1. The molecule has 0 saturated heterocycles. The van der Waals surface area contributed by atoms with Crippen molar-refractivity contribution in [3.63, 3.8) is 0 Å². The SMILES string of the molecule is CC(C)(C)[Si](C)(OC1CCC([CH]C(F)S(=O)(=O)c2ccccc2)(c2ccc(F)cc2)CC1)C(N)=O. The lowest BCUT2D eigenvalue weighted by Gasteiger charge is -2.45. The number of rotatable bonds is 8. The average molecular weight is 523 g/mol. The molecule has 1 fully saturated rings. The molecule has 2 unspecified atom stereocenters. The van der Waals surface area contributed by atoms with E-state index in [2.05, 4.69) is 0 Å². The number of carbonyl (C=O) groups excluding carboxylic acids is 1. The summed E-state index contributed by atoms with van der Waals surface area (Å²) >= 11 is 0. The van der Waals surface area contributed by atoms with Crippen LogP contribution in [0.4, 0.5) is 13.6 Å². The summed E-state index contributed by atoms with van der Waals surface area (Å²) in [6.45, 7) is 7.62. The van der Waals surface area contributed by atoms with Crippen LogP contribution in [0.15, 0.2) is 59.5 Å². The second-order valence-corrected chi connectivity index (χ2v) is 16.8. The number of hydrogen-bond acceptors (Lipinski definition) is 4. The number of benzene rings is 2. The molecule has 1 saturated carbocycles. The molecule has 0 bridgehead atoms. The molecule has 3 rings (SSSR count). The highest BCUT2D eigenvalue weighted by Gasteiger charge is 2.51. The Labute approximate surface area is 208 Å².